The minimum absolute atomic E-state index is 0.114. The molecule has 0 aliphatic heterocycles. The fourth-order valence-electron chi connectivity index (χ4n) is 3.22. The quantitative estimate of drug-likeness (QED) is 0.571. The smallest absolute Gasteiger partial charge is 0.126 e. The van der Waals surface area contributed by atoms with E-state index in [0.717, 1.165) is 24.8 Å². The topological polar surface area (TPSA) is 38.0 Å². The second kappa shape index (κ2) is 2.60. The Morgan fingerprint density at radius 3 is 2.53 bits per heavy atom. The number of rotatable bonds is 2. The lowest BCUT2D eigenvalue weighted by Gasteiger charge is -2.70. The van der Waals surface area contributed by atoms with Gasteiger partial charge in [0.2, 0.25) is 0 Å². The minimum atomic E-state index is -0.114. The zero-order valence-corrected chi connectivity index (χ0v) is 8.81. The monoisotopic (exact) mass is 206 g/mol. The standard InChI is InChI=1S/C12H15FN2/c1-8-4-9(2-3-10(8)13)11-5-12(6-11,7-11)15-14/h2-4,15H,5-7,14H2,1H3. The van der Waals surface area contributed by atoms with Crippen LogP contribution < -0.4 is 11.3 Å². The molecule has 0 radical (unpaired) electrons. The average molecular weight is 206 g/mol. The van der Waals surface area contributed by atoms with Crippen LogP contribution in [0.3, 0.4) is 0 Å². The Hall–Kier alpha value is -0.930. The highest BCUT2D eigenvalue weighted by Gasteiger charge is 2.68. The van der Waals surface area contributed by atoms with Gasteiger partial charge in [-0.3, -0.25) is 11.3 Å². The first-order chi connectivity index (χ1) is 7.09. The van der Waals surface area contributed by atoms with E-state index in [1.807, 2.05) is 19.1 Å². The Labute approximate surface area is 88.6 Å². The molecule has 2 nitrogen and oxygen atoms in total. The predicted molar refractivity (Wildman–Crippen MR) is 56.7 cm³/mol. The van der Waals surface area contributed by atoms with E-state index < -0.39 is 0 Å². The highest BCUT2D eigenvalue weighted by Crippen LogP contribution is 2.67. The maximum atomic E-state index is 13.1. The van der Waals surface area contributed by atoms with E-state index in [-0.39, 0.29) is 11.4 Å². The average Bonchev–Trinajstić information content (AvgIpc) is 2.07. The van der Waals surface area contributed by atoms with Gasteiger partial charge in [0.1, 0.15) is 5.82 Å². The summed E-state index contributed by atoms with van der Waals surface area (Å²) in [6.07, 6.45) is 3.30. The molecule has 0 amide bonds. The summed E-state index contributed by atoms with van der Waals surface area (Å²) >= 11 is 0. The van der Waals surface area contributed by atoms with Crippen LogP contribution >= 0.6 is 0 Å². The Kier molecular flexibility index (Phi) is 1.61. The fraction of sp³-hybridized carbons (Fsp3) is 0.500. The number of hydrogen-bond donors (Lipinski definition) is 2. The molecule has 80 valence electrons. The molecule has 0 heterocycles. The van der Waals surface area contributed by atoms with Crippen molar-refractivity contribution in [2.75, 3.05) is 0 Å². The summed E-state index contributed by atoms with van der Waals surface area (Å²) in [5, 5.41) is 0. The van der Waals surface area contributed by atoms with E-state index in [0.29, 0.717) is 5.41 Å². The number of nitrogens with one attached hydrogen (secondary N) is 1. The summed E-state index contributed by atoms with van der Waals surface area (Å²) in [6.45, 7) is 1.82. The van der Waals surface area contributed by atoms with Gasteiger partial charge < -0.3 is 0 Å². The van der Waals surface area contributed by atoms with Crippen LogP contribution in [0.4, 0.5) is 4.39 Å². The van der Waals surface area contributed by atoms with Crippen LogP contribution in [0.5, 0.6) is 0 Å². The molecular weight excluding hydrogens is 191 g/mol. The van der Waals surface area contributed by atoms with Crippen molar-refractivity contribution in [3.8, 4) is 0 Å². The molecule has 1 aromatic rings. The first kappa shape index (κ1) is 9.31. The van der Waals surface area contributed by atoms with E-state index in [1.54, 1.807) is 6.07 Å². The molecule has 15 heavy (non-hydrogen) atoms. The molecule has 3 saturated carbocycles. The predicted octanol–water partition coefficient (Wildman–Crippen LogP) is 1.77. The van der Waals surface area contributed by atoms with E-state index in [9.17, 15) is 4.39 Å². The fourth-order valence-corrected chi connectivity index (χ4v) is 3.22. The molecule has 0 aromatic heterocycles. The number of hydrogen-bond acceptors (Lipinski definition) is 2. The molecule has 3 N–H and O–H groups in total. The number of benzene rings is 1. The van der Waals surface area contributed by atoms with Crippen LogP contribution in [0.25, 0.3) is 0 Å². The van der Waals surface area contributed by atoms with Crippen LogP contribution in [0.15, 0.2) is 18.2 Å². The number of aryl methyl sites for hydroxylation is 1. The van der Waals surface area contributed by atoms with Gasteiger partial charge in [-0.2, -0.15) is 0 Å². The number of halogens is 1. The van der Waals surface area contributed by atoms with Crippen molar-refractivity contribution in [2.24, 2.45) is 5.84 Å². The first-order valence-electron chi connectivity index (χ1n) is 5.34. The lowest BCUT2D eigenvalue weighted by Crippen LogP contribution is -2.77. The zero-order chi connectivity index (χ0) is 10.7. The van der Waals surface area contributed by atoms with Crippen molar-refractivity contribution in [3.05, 3.63) is 35.1 Å². The highest BCUT2D eigenvalue weighted by molar-refractivity contribution is 5.43. The van der Waals surface area contributed by atoms with Crippen molar-refractivity contribution >= 4 is 0 Å². The van der Waals surface area contributed by atoms with Crippen molar-refractivity contribution in [1.29, 1.82) is 0 Å². The van der Waals surface area contributed by atoms with Gasteiger partial charge in [0, 0.05) is 11.0 Å². The Morgan fingerprint density at radius 1 is 1.33 bits per heavy atom. The van der Waals surface area contributed by atoms with Gasteiger partial charge in [-0.05, 0) is 43.4 Å². The third-order valence-corrected chi connectivity index (χ3v) is 4.11. The molecule has 0 atom stereocenters. The van der Waals surface area contributed by atoms with Crippen LogP contribution in [0, 0.1) is 12.7 Å². The maximum absolute atomic E-state index is 13.1. The SMILES string of the molecule is Cc1cc(C23CC(NN)(C2)C3)ccc1F. The summed E-state index contributed by atoms with van der Waals surface area (Å²) in [4.78, 5) is 0. The lowest BCUT2D eigenvalue weighted by atomic mass is 9.37. The van der Waals surface area contributed by atoms with Crippen LogP contribution in [0.2, 0.25) is 0 Å². The van der Waals surface area contributed by atoms with Crippen molar-refractivity contribution in [3.63, 3.8) is 0 Å². The molecule has 3 fully saturated rings. The van der Waals surface area contributed by atoms with Crippen LogP contribution in [0.1, 0.15) is 30.4 Å². The molecule has 1 aromatic carbocycles. The molecule has 3 aliphatic rings. The minimum Gasteiger partial charge on any atom is -0.271 e. The lowest BCUT2D eigenvalue weighted by molar-refractivity contribution is -0.0883. The Balaban J connectivity index is 1.88. The van der Waals surface area contributed by atoms with Gasteiger partial charge in [0.25, 0.3) is 0 Å². The van der Waals surface area contributed by atoms with Crippen molar-refractivity contribution < 1.29 is 4.39 Å². The molecule has 3 aliphatic carbocycles. The van der Waals surface area contributed by atoms with E-state index in [1.165, 1.54) is 5.56 Å². The van der Waals surface area contributed by atoms with Crippen LogP contribution in [-0.2, 0) is 5.41 Å². The summed E-state index contributed by atoms with van der Waals surface area (Å²) < 4.78 is 13.1. The number of nitrogens with two attached hydrogens (primary N) is 1. The van der Waals surface area contributed by atoms with Gasteiger partial charge in [-0.25, -0.2) is 4.39 Å². The summed E-state index contributed by atoms with van der Waals surface area (Å²) in [5.74, 6) is 5.37. The second-order valence-corrected chi connectivity index (χ2v) is 5.20. The zero-order valence-electron chi connectivity index (χ0n) is 8.81. The van der Waals surface area contributed by atoms with Crippen molar-refractivity contribution in [1.82, 2.24) is 5.43 Å². The third kappa shape index (κ3) is 1.05. The highest BCUT2D eigenvalue weighted by atomic mass is 19.1. The molecule has 0 spiro atoms. The molecule has 4 rings (SSSR count). The largest absolute Gasteiger partial charge is 0.271 e. The maximum Gasteiger partial charge on any atom is 0.126 e. The third-order valence-electron chi connectivity index (χ3n) is 4.11. The normalized spacial score (nSPS) is 37.0. The molecule has 0 unspecified atom stereocenters. The Morgan fingerprint density at radius 2 is 2.00 bits per heavy atom. The van der Waals surface area contributed by atoms with E-state index >= 15 is 0 Å². The van der Waals surface area contributed by atoms with Crippen LogP contribution in [-0.4, -0.2) is 5.54 Å². The molecule has 0 saturated heterocycles. The second-order valence-electron chi connectivity index (χ2n) is 5.20. The van der Waals surface area contributed by atoms with E-state index in [4.69, 9.17) is 5.84 Å². The van der Waals surface area contributed by atoms with Gasteiger partial charge in [-0.1, -0.05) is 12.1 Å². The van der Waals surface area contributed by atoms with Gasteiger partial charge in [0.05, 0.1) is 0 Å². The summed E-state index contributed by atoms with van der Waals surface area (Å²) in [5.41, 5.74) is 5.40. The molecule has 2 bridgehead atoms. The number of hydrazine groups is 1. The molecular formula is C12H15FN2. The molecule has 3 heteroatoms. The van der Waals surface area contributed by atoms with Gasteiger partial charge >= 0.3 is 0 Å². The van der Waals surface area contributed by atoms with E-state index in [2.05, 4.69) is 5.43 Å². The van der Waals surface area contributed by atoms with Gasteiger partial charge in [-0.15, -0.1) is 0 Å². The Bertz CT molecular complexity index is 408. The van der Waals surface area contributed by atoms with Crippen molar-refractivity contribution in [2.45, 2.75) is 37.1 Å². The van der Waals surface area contributed by atoms with Gasteiger partial charge in [0.15, 0.2) is 0 Å². The first-order valence-corrected chi connectivity index (χ1v) is 5.34. The summed E-state index contributed by atoms with van der Waals surface area (Å²) in [7, 11) is 0. The summed E-state index contributed by atoms with van der Waals surface area (Å²) in [6, 6.07) is 5.48.